The minimum absolute atomic E-state index is 0.106. The van der Waals surface area contributed by atoms with Crippen LogP contribution >= 0.6 is 11.6 Å². The fraction of sp³-hybridized carbons (Fsp3) is 0.333. The van der Waals surface area contributed by atoms with Gasteiger partial charge in [0.1, 0.15) is 0 Å². The second-order valence-electron chi connectivity index (χ2n) is 9.25. The van der Waals surface area contributed by atoms with Crippen LogP contribution in [0.25, 0.3) is 0 Å². The summed E-state index contributed by atoms with van der Waals surface area (Å²) in [4.78, 5) is 27.6. The Kier molecular flexibility index (Phi) is 8.65. The van der Waals surface area contributed by atoms with Crippen LogP contribution in [-0.4, -0.2) is 31.1 Å². The number of anilines is 1. The van der Waals surface area contributed by atoms with Crippen LogP contribution in [0.4, 0.5) is 5.69 Å². The summed E-state index contributed by atoms with van der Waals surface area (Å²) in [6.45, 7) is 5.34. The van der Waals surface area contributed by atoms with Crippen molar-refractivity contribution in [2.75, 3.05) is 18.1 Å². The van der Waals surface area contributed by atoms with Crippen molar-refractivity contribution in [3.63, 3.8) is 0 Å². The van der Waals surface area contributed by atoms with Gasteiger partial charge in [0.05, 0.1) is 24.6 Å². The monoisotopic (exact) mass is 504 g/mol. The van der Waals surface area contributed by atoms with Crippen molar-refractivity contribution in [1.82, 2.24) is 5.32 Å². The summed E-state index contributed by atoms with van der Waals surface area (Å²) in [6.07, 6.45) is 3.72. The van der Waals surface area contributed by atoms with Gasteiger partial charge in [-0.25, -0.2) is 4.79 Å². The number of benzene rings is 3. The number of halogens is 1. The molecule has 0 spiro atoms. The first-order valence-corrected chi connectivity index (χ1v) is 13.0. The van der Waals surface area contributed by atoms with Gasteiger partial charge in [-0.3, -0.25) is 4.79 Å². The quantitative estimate of drug-likeness (QED) is 0.363. The van der Waals surface area contributed by atoms with Crippen LogP contribution < -0.4 is 10.2 Å². The van der Waals surface area contributed by atoms with Crippen molar-refractivity contribution in [2.24, 2.45) is 0 Å². The Morgan fingerprint density at radius 2 is 1.81 bits per heavy atom. The van der Waals surface area contributed by atoms with E-state index in [4.69, 9.17) is 16.3 Å². The first-order chi connectivity index (χ1) is 17.5. The van der Waals surface area contributed by atoms with Crippen molar-refractivity contribution in [2.45, 2.75) is 51.6 Å². The van der Waals surface area contributed by atoms with Crippen LogP contribution in [0.3, 0.4) is 0 Å². The zero-order valence-electron chi connectivity index (χ0n) is 20.9. The summed E-state index contributed by atoms with van der Waals surface area (Å²) in [5.41, 5.74) is 4.40. The van der Waals surface area contributed by atoms with E-state index in [9.17, 15) is 9.59 Å². The Balaban J connectivity index is 1.61. The third-order valence-corrected chi connectivity index (χ3v) is 6.92. The number of nitrogens with one attached hydrogen (secondary N) is 1. The summed E-state index contributed by atoms with van der Waals surface area (Å²) in [7, 11) is 0. The molecule has 0 aliphatic carbocycles. The van der Waals surface area contributed by atoms with Gasteiger partial charge in [0.25, 0.3) is 0 Å². The molecule has 36 heavy (non-hydrogen) atoms. The van der Waals surface area contributed by atoms with E-state index in [1.807, 2.05) is 42.5 Å². The molecule has 2 atom stereocenters. The molecule has 1 aliphatic rings. The molecular weight excluding hydrogens is 472 g/mol. The van der Waals surface area contributed by atoms with Gasteiger partial charge in [0.2, 0.25) is 5.91 Å². The molecular formula is C30H33ClN2O3. The molecule has 0 radical (unpaired) electrons. The zero-order valence-corrected chi connectivity index (χ0v) is 21.6. The maximum absolute atomic E-state index is 13.3. The van der Waals surface area contributed by atoms with E-state index in [2.05, 4.69) is 23.2 Å². The average Bonchev–Trinajstić information content (AvgIpc) is 2.89. The molecule has 0 aromatic heterocycles. The number of carbonyl (C=O) groups is 2. The lowest BCUT2D eigenvalue weighted by Gasteiger charge is -2.38. The van der Waals surface area contributed by atoms with Gasteiger partial charge < -0.3 is 15.0 Å². The fourth-order valence-electron chi connectivity index (χ4n) is 4.83. The fourth-order valence-corrected chi connectivity index (χ4v) is 5.01. The number of carbonyl (C=O) groups excluding carboxylic acids is 2. The standard InChI is InChI=1S/C30H33ClN2O3/c1-3-36-30(35)24-14-12-22(13-15-24)19-28(34)32-29(23-10-5-4-6-11-23)26-20-25(31)16-17-27(26)33-18-8-7-9-21(33)2/h4-6,10-17,20-21,29H,3,7-9,18-19H2,1-2H3,(H,32,34). The Morgan fingerprint density at radius 3 is 2.50 bits per heavy atom. The Bertz CT molecular complexity index is 1180. The lowest BCUT2D eigenvalue weighted by Crippen LogP contribution is -2.39. The largest absolute Gasteiger partial charge is 0.462 e. The van der Waals surface area contributed by atoms with Gasteiger partial charge in [-0.1, -0.05) is 54.1 Å². The Hall–Kier alpha value is -3.31. The molecule has 0 saturated carbocycles. The molecule has 1 saturated heterocycles. The van der Waals surface area contributed by atoms with Gasteiger partial charge >= 0.3 is 5.97 Å². The zero-order chi connectivity index (χ0) is 25.5. The van der Waals surface area contributed by atoms with Gasteiger partial charge in [-0.2, -0.15) is 0 Å². The number of nitrogens with zero attached hydrogens (tertiary/aromatic N) is 1. The van der Waals surface area contributed by atoms with E-state index >= 15 is 0 Å². The molecule has 0 bridgehead atoms. The molecule has 1 aliphatic heterocycles. The summed E-state index contributed by atoms with van der Waals surface area (Å²) < 4.78 is 5.04. The number of piperidine rings is 1. The number of hydrogen-bond acceptors (Lipinski definition) is 4. The Morgan fingerprint density at radius 1 is 1.06 bits per heavy atom. The van der Waals surface area contributed by atoms with E-state index < -0.39 is 0 Å². The van der Waals surface area contributed by atoms with Crippen molar-refractivity contribution < 1.29 is 14.3 Å². The van der Waals surface area contributed by atoms with E-state index in [1.54, 1.807) is 31.2 Å². The summed E-state index contributed by atoms with van der Waals surface area (Å²) in [6, 6.07) is 23.0. The number of esters is 1. The smallest absolute Gasteiger partial charge is 0.338 e. The molecule has 3 aromatic carbocycles. The lowest BCUT2D eigenvalue weighted by atomic mass is 9.94. The molecule has 3 aromatic rings. The predicted octanol–water partition coefficient (Wildman–Crippen LogP) is 6.34. The van der Waals surface area contributed by atoms with Crippen molar-refractivity contribution in [3.05, 3.63) is 100 Å². The van der Waals surface area contributed by atoms with Crippen LogP contribution in [0.15, 0.2) is 72.8 Å². The predicted molar refractivity (Wildman–Crippen MR) is 145 cm³/mol. The lowest BCUT2D eigenvalue weighted by molar-refractivity contribution is -0.120. The molecule has 6 heteroatoms. The summed E-state index contributed by atoms with van der Waals surface area (Å²) in [5.74, 6) is -0.469. The molecule has 1 amide bonds. The van der Waals surface area contributed by atoms with Crippen molar-refractivity contribution in [1.29, 1.82) is 0 Å². The molecule has 1 fully saturated rings. The minimum atomic E-state index is -0.363. The highest BCUT2D eigenvalue weighted by Gasteiger charge is 2.26. The number of hydrogen-bond donors (Lipinski definition) is 1. The van der Waals surface area contributed by atoms with Gasteiger partial charge in [-0.15, -0.1) is 0 Å². The van der Waals surface area contributed by atoms with E-state index in [0.717, 1.165) is 41.8 Å². The van der Waals surface area contributed by atoms with Crippen LogP contribution in [0.5, 0.6) is 0 Å². The van der Waals surface area contributed by atoms with Crippen LogP contribution in [0.2, 0.25) is 5.02 Å². The van der Waals surface area contributed by atoms with Crippen LogP contribution in [-0.2, 0) is 16.0 Å². The molecule has 4 rings (SSSR count). The average molecular weight is 505 g/mol. The van der Waals surface area contributed by atoms with Crippen molar-refractivity contribution >= 4 is 29.2 Å². The maximum atomic E-state index is 13.3. The topological polar surface area (TPSA) is 58.6 Å². The normalized spacial score (nSPS) is 16.3. The number of rotatable bonds is 8. The van der Waals surface area contributed by atoms with E-state index in [0.29, 0.717) is 23.2 Å². The number of amides is 1. The first kappa shape index (κ1) is 25.8. The highest BCUT2D eigenvalue weighted by molar-refractivity contribution is 6.30. The molecule has 188 valence electrons. The molecule has 2 unspecified atom stereocenters. The maximum Gasteiger partial charge on any atom is 0.338 e. The SMILES string of the molecule is CCOC(=O)c1ccc(CC(=O)NC(c2ccccc2)c2cc(Cl)ccc2N2CCCCC2C)cc1. The summed E-state index contributed by atoms with van der Waals surface area (Å²) in [5, 5.41) is 3.90. The second-order valence-corrected chi connectivity index (χ2v) is 9.68. The van der Waals surface area contributed by atoms with Crippen LogP contribution in [0.1, 0.15) is 66.2 Å². The van der Waals surface area contributed by atoms with E-state index in [-0.39, 0.29) is 24.3 Å². The van der Waals surface area contributed by atoms with Crippen molar-refractivity contribution in [3.8, 4) is 0 Å². The highest BCUT2D eigenvalue weighted by Crippen LogP contribution is 2.36. The Labute approximate surface area is 218 Å². The second kappa shape index (κ2) is 12.1. The van der Waals surface area contributed by atoms with Gasteiger partial charge in [0, 0.05) is 28.9 Å². The highest BCUT2D eigenvalue weighted by atomic mass is 35.5. The summed E-state index contributed by atoms with van der Waals surface area (Å²) >= 11 is 6.48. The molecule has 5 nitrogen and oxygen atoms in total. The van der Waals surface area contributed by atoms with E-state index in [1.165, 1.54) is 6.42 Å². The third-order valence-electron chi connectivity index (χ3n) is 6.68. The van der Waals surface area contributed by atoms with Gasteiger partial charge in [-0.05, 0) is 74.6 Å². The first-order valence-electron chi connectivity index (χ1n) is 12.6. The van der Waals surface area contributed by atoms with Crippen LogP contribution in [0, 0.1) is 0 Å². The van der Waals surface area contributed by atoms with Gasteiger partial charge in [0.15, 0.2) is 0 Å². The minimum Gasteiger partial charge on any atom is -0.462 e. The number of ether oxygens (including phenoxy) is 1. The molecule has 1 heterocycles. The molecule has 1 N–H and O–H groups in total. The third kappa shape index (κ3) is 6.27.